The lowest BCUT2D eigenvalue weighted by atomic mass is 10.1. The Morgan fingerprint density at radius 1 is 1.14 bits per heavy atom. The number of anilines is 1. The number of amides is 1. The lowest BCUT2D eigenvalue weighted by molar-refractivity contribution is -0.137. The first-order valence-electron chi connectivity index (χ1n) is 8.29. The Bertz CT molecular complexity index is 973. The first-order valence-corrected chi connectivity index (χ1v) is 9.51. The monoisotopic (exact) mass is 407 g/mol. The van der Waals surface area contributed by atoms with E-state index in [0.717, 1.165) is 17.0 Å². The molecule has 0 saturated carbocycles. The van der Waals surface area contributed by atoms with Crippen LogP contribution >= 0.6 is 11.8 Å². The van der Waals surface area contributed by atoms with E-state index in [4.69, 9.17) is 4.42 Å². The lowest BCUT2D eigenvalue weighted by Gasteiger charge is -2.06. The normalized spacial score (nSPS) is 11.4. The van der Waals surface area contributed by atoms with Crippen molar-refractivity contribution in [2.45, 2.75) is 23.9 Å². The van der Waals surface area contributed by atoms with Crippen LogP contribution in [0, 0.1) is 0 Å². The highest BCUT2D eigenvalue weighted by atomic mass is 32.2. The molecule has 2 aromatic carbocycles. The van der Waals surface area contributed by atoms with Gasteiger partial charge >= 0.3 is 6.18 Å². The minimum atomic E-state index is -4.45. The Morgan fingerprint density at radius 2 is 1.93 bits per heavy atom. The zero-order valence-corrected chi connectivity index (χ0v) is 15.6. The second-order valence-corrected chi connectivity index (χ2v) is 6.74. The molecule has 28 heavy (non-hydrogen) atoms. The first kappa shape index (κ1) is 19.9. The molecule has 3 rings (SSSR count). The highest BCUT2D eigenvalue weighted by molar-refractivity contribution is 7.98. The molecule has 0 aliphatic heterocycles. The highest BCUT2D eigenvalue weighted by Gasteiger charge is 2.30. The number of hydrogen-bond donors (Lipinski definition) is 1. The van der Waals surface area contributed by atoms with Gasteiger partial charge in [-0.05, 0) is 42.7 Å². The molecule has 0 unspecified atom stereocenters. The van der Waals surface area contributed by atoms with Crippen LogP contribution in [0.1, 0.15) is 17.9 Å². The van der Waals surface area contributed by atoms with Crippen molar-refractivity contribution in [3.8, 4) is 11.5 Å². The van der Waals surface area contributed by atoms with Crippen LogP contribution in [0.25, 0.3) is 11.5 Å². The molecule has 0 saturated heterocycles. The van der Waals surface area contributed by atoms with Crippen molar-refractivity contribution >= 4 is 23.4 Å². The van der Waals surface area contributed by atoms with Gasteiger partial charge < -0.3 is 9.73 Å². The summed E-state index contributed by atoms with van der Waals surface area (Å²) >= 11 is 1.57. The van der Waals surface area contributed by atoms with E-state index >= 15 is 0 Å². The van der Waals surface area contributed by atoms with E-state index in [1.807, 2.05) is 24.5 Å². The number of rotatable bonds is 6. The quantitative estimate of drug-likeness (QED) is 0.579. The van der Waals surface area contributed by atoms with Crippen LogP contribution < -0.4 is 5.32 Å². The molecule has 1 aromatic heterocycles. The number of thioether (sulfide) groups is 1. The molecule has 0 aliphatic rings. The number of halogens is 3. The summed E-state index contributed by atoms with van der Waals surface area (Å²) in [5, 5.41) is 10.4. The molecule has 1 N–H and O–H groups in total. The minimum absolute atomic E-state index is 0.0193. The van der Waals surface area contributed by atoms with Gasteiger partial charge in [0.05, 0.1) is 5.56 Å². The van der Waals surface area contributed by atoms with Gasteiger partial charge in [0.15, 0.2) is 0 Å². The van der Waals surface area contributed by atoms with Crippen molar-refractivity contribution in [2.24, 2.45) is 0 Å². The number of aryl methyl sites for hydroxylation is 1. The number of aromatic nitrogens is 2. The molecule has 1 heterocycles. The molecule has 3 aromatic rings. The molecule has 0 fully saturated rings. The van der Waals surface area contributed by atoms with Crippen LogP contribution in [0.15, 0.2) is 57.8 Å². The van der Waals surface area contributed by atoms with Crippen molar-refractivity contribution in [3.05, 3.63) is 60.0 Å². The summed E-state index contributed by atoms with van der Waals surface area (Å²) in [7, 11) is 0. The van der Waals surface area contributed by atoms with Crippen molar-refractivity contribution in [2.75, 3.05) is 11.6 Å². The summed E-state index contributed by atoms with van der Waals surface area (Å²) in [5.41, 5.74) is 0.0653. The predicted octanol–water partition coefficient (Wildman–Crippen LogP) is 5.05. The van der Waals surface area contributed by atoms with Gasteiger partial charge in [0.25, 0.3) is 0 Å². The van der Waals surface area contributed by atoms with Gasteiger partial charge in [0.2, 0.25) is 17.7 Å². The van der Waals surface area contributed by atoms with Crippen molar-refractivity contribution < 1.29 is 22.4 Å². The third-order valence-corrected chi connectivity index (χ3v) is 4.55. The van der Waals surface area contributed by atoms with Crippen molar-refractivity contribution in [3.63, 3.8) is 0 Å². The van der Waals surface area contributed by atoms with Gasteiger partial charge in [-0.15, -0.1) is 22.0 Å². The van der Waals surface area contributed by atoms with E-state index < -0.39 is 11.7 Å². The minimum Gasteiger partial charge on any atom is -0.421 e. The van der Waals surface area contributed by atoms with Gasteiger partial charge in [-0.25, -0.2) is 0 Å². The second-order valence-electron chi connectivity index (χ2n) is 5.86. The molecular formula is C19H16F3N3O2S. The number of carbonyl (C=O) groups excluding carboxylic acids is 1. The van der Waals surface area contributed by atoms with Crippen molar-refractivity contribution in [1.29, 1.82) is 0 Å². The molecule has 0 bridgehead atoms. The maximum atomic E-state index is 12.8. The average Bonchev–Trinajstić information content (AvgIpc) is 3.15. The third-order valence-electron chi connectivity index (χ3n) is 3.82. The van der Waals surface area contributed by atoms with Crippen LogP contribution in [0.2, 0.25) is 0 Å². The zero-order chi connectivity index (χ0) is 20.1. The SMILES string of the molecule is CSc1cccc(NC(=O)CCc2nnc(-c3cccc(C(F)(F)F)c3)o2)c1. The molecule has 0 aliphatic carbocycles. The van der Waals surface area contributed by atoms with Crippen LogP contribution in [0.4, 0.5) is 18.9 Å². The van der Waals surface area contributed by atoms with Gasteiger partial charge in [0, 0.05) is 29.0 Å². The second kappa shape index (κ2) is 8.47. The van der Waals surface area contributed by atoms with Gasteiger partial charge in [-0.2, -0.15) is 13.2 Å². The van der Waals surface area contributed by atoms with Crippen molar-refractivity contribution in [1.82, 2.24) is 10.2 Å². The average molecular weight is 407 g/mol. The topological polar surface area (TPSA) is 68.0 Å². The maximum Gasteiger partial charge on any atom is 0.416 e. The Morgan fingerprint density at radius 3 is 2.68 bits per heavy atom. The molecule has 1 amide bonds. The van der Waals surface area contributed by atoms with Crippen LogP contribution in [-0.4, -0.2) is 22.4 Å². The smallest absolute Gasteiger partial charge is 0.416 e. The molecule has 9 heteroatoms. The predicted molar refractivity (Wildman–Crippen MR) is 99.9 cm³/mol. The van der Waals surface area contributed by atoms with E-state index in [-0.39, 0.29) is 36.1 Å². The molecule has 5 nitrogen and oxygen atoms in total. The van der Waals surface area contributed by atoms with E-state index in [0.29, 0.717) is 5.69 Å². The van der Waals surface area contributed by atoms with E-state index in [1.54, 1.807) is 17.8 Å². The zero-order valence-electron chi connectivity index (χ0n) is 14.8. The largest absolute Gasteiger partial charge is 0.421 e. The number of hydrogen-bond acceptors (Lipinski definition) is 5. The fraction of sp³-hybridized carbons (Fsp3) is 0.211. The summed E-state index contributed by atoms with van der Waals surface area (Å²) in [5.74, 6) is -0.0633. The fourth-order valence-corrected chi connectivity index (χ4v) is 2.90. The number of nitrogens with one attached hydrogen (secondary N) is 1. The lowest BCUT2D eigenvalue weighted by Crippen LogP contribution is -2.12. The van der Waals surface area contributed by atoms with E-state index in [9.17, 15) is 18.0 Å². The summed E-state index contributed by atoms with van der Waals surface area (Å²) in [6, 6.07) is 12.1. The Balaban J connectivity index is 1.61. The fourth-order valence-electron chi connectivity index (χ4n) is 2.44. The first-order chi connectivity index (χ1) is 13.3. The number of carbonyl (C=O) groups is 1. The Labute approximate surface area is 163 Å². The molecule has 0 spiro atoms. The van der Waals surface area contributed by atoms with E-state index in [1.165, 1.54) is 12.1 Å². The molecular weight excluding hydrogens is 391 g/mol. The Kier molecular flexibility index (Phi) is 6.03. The third kappa shape index (κ3) is 5.13. The van der Waals surface area contributed by atoms with Crippen LogP contribution in [-0.2, 0) is 17.4 Å². The summed E-state index contributed by atoms with van der Waals surface area (Å²) in [6.45, 7) is 0. The number of benzene rings is 2. The Hall–Kier alpha value is -2.81. The maximum absolute atomic E-state index is 12.8. The van der Waals surface area contributed by atoms with E-state index in [2.05, 4.69) is 15.5 Å². The number of nitrogens with zero attached hydrogens (tertiary/aromatic N) is 2. The van der Waals surface area contributed by atoms with Crippen LogP contribution in [0.3, 0.4) is 0 Å². The van der Waals surface area contributed by atoms with Gasteiger partial charge in [-0.1, -0.05) is 12.1 Å². The standard InChI is InChI=1S/C19H16F3N3O2S/c1-28-15-7-3-6-14(11-15)23-16(26)8-9-17-24-25-18(27-17)12-4-2-5-13(10-12)19(20,21)22/h2-7,10-11H,8-9H2,1H3,(H,23,26). The van der Waals surface area contributed by atoms with Gasteiger partial charge in [0.1, 0.15) is 0 Å². The molecule has 0 radical (unpaired) electrons. The molecule has 146 valence electrons. The van der Waals surface area contributed by atoms with Crippen LogP contribution in [0.5, 0.6) is 0 Å². The highest BCUT2D eigenvalue weighted by Crippen LogP contribution is 2.31. The summed E-state index contributed by atoms with van der Waals surface area (Å²) < 4.78 is 43.8. The molecule has 0 atom stereocenters. The summed E-state index contributed by atoms with van der Waals surface area (Å²) in [4.78, 5) is 13.1. The van der Waals surface area contributed by atoms with Gasteiger partial charge in [-0.3, -0.25) is 4.79 Å². The number of alkyl halides is 3. The summed E-state index contributed by atoms with van der Waals surface area (Å²) in [6.07, 6.45) is -2.23.